The molecule has 1 atom stereocenters. The van der Waals surface area contributed by atoms with Crippen molar-refractivity contribution < 1.29 is 17.6 Å². The molecule has 11 heteroatoms. The molecule has 0 aliphatic heterocycles. The van der Waals surface area contributed by atoms with E-state index in [0.29, 0.717) is 24.1 Å². The average molecular weight is 530 g/mol. The van der Waals surface area contributed by atoms with Gasteiger partial charge in [0.1, 0.15) is 11.6 Å². The number of benzene rings is 1. The standard InChI is InChI=1S/C25H31N5O4S2/c1-5-24-27-19(15-35-24)14-30(13-17(2)3)25(31)22(11-20-12-26-16-29(20)4)28-36(32,33)21-6-7-23-18(10-21)8-9-34-23/h6-10,12,15-17,22,28H,5,11,13-14H2,1-4H3/t22-/m0/s1. The van der Waals surface area contributed by atoms with Crippen molar-refractivity contribution in [2.75, 3.05) is 6.54 Å². The molecule has 0 unspecified atom stereocenters. The number of aromatic nitrogens is 3. The van der Waals surface area contributed by atoms with Gasteiger partial charge in [-0.05, 0) is 36.6 Å². The fraction of sp³-hybridized carbons (Fsp3) is 0.400. The molecule has 0 spiro atoms. The van der Waals surface area contributed by atoms with Gasteiger partial charge in [0.2, 0.25) is 15.9 Å². The van der Waals surface area contributed by atoms with Crippen LogP contribution in [0.4, 0.5) is 0 Å². The van der Waals surface area contributed by atoms with Crippen LogP contribution in [-0.2, 0) is 41.3 Å². The van der Waals surface area contributed by atoms with Crippen LogP contribution in [0.3, 0.4) is 0 Å². The summed E-state index contributed by atoms with van der Waals surface area (Å²) in [6.07, 6.45) is 5.77. The molecule has 0 fully saturated rings. The van der Waals surface area contributed by atoms with E-state index in [1.807, 2.05) is 33.2 Å². The van der Waals surface area contributed by atoms with Gasteiger partial charge in [0.05, 0.1) is 34.7 Å². The van der Waals surface area contributed by atoms with E-state index in [-0.39, 0.29) is 23.1 Å². The first-order valence-electron chi connectivity index (χ1n) is 11.8. The van der Waals surface area contributed by atoms with Crippen LogP contribution in [0, 0.1) is 5.92 Å². The third-order valence-electron chi connectivity index (χ3n) is 5.81. The number of imidazole rings is 1. The minimum Gasteiger partial charge on any atom is -0.464 e. The van der Waals surface area contributed by atoms with Crippen LogP contribution in [0.5, 0.6) is 0 Å². The minimum absolute atomic E-state index is 0.0710. The lowest BCUT2D eigenvalue weighted by atomic mass is 10.1. The number of rotatable bonds is 11. The molecule has 0 radical (unpaired) electrons. The predicted molar refractivity (Wildman–Crippen MR) is 139 cm³/mol. The first-order valence-corrected chi connectivity index (χ1v) is 14.2. The summed E-state index contributed by atoms with van der Waals surface area (Å²) in [6.45, 7) is 6.89. The number of nitrogens with zero attached hydrogens (tertiary/aromatic N) is 4. The zero-order valence-corrected chi connectivity index (χ0v) is 22.5. The highest BCUT2D eigenvalue weighted by molar-refractivity contribution is 7.89. The van der Waals surface area contributed by atoms with Gasteiger partial charge in [0, 0.05) is 42.7 Å². The van der Waals surface area contributed by atoms with Gasteiger partial charge in [-0.15, -0.1) is 11.3 Å². The maximum Gasteiger partial charge on any atom is 0.241 e. The Labute approximate surface area is 215 Å². The zero-order valence-electron chi connectivity index (χ0n) is 20.8. The van der Waals surface area contributed by atoms with Crippen molar-refractivity contribution >= 4 is 38.2 Å². The van der Waals surface area contributed by atoms with Gasteiger partial charge >= 0.3 is 0 Å². The number of furan rings is 1. The summed E-state index contributed by atoms with van der Waals surface area (Å²) in [6, 6.07) is 5.32. The number of aryl methyl sites for hydroxylation is 2. The van der Waals surface area contributed by atoms with Crippen LogP contribution in [0.2, 0.25) is 0 Å². The first kappa shape index (κ1) is 26.1. The largest absolute Gasteiger partial charge is 0.464 e. The molecule has 4 aromatic rings. The maximum absolute atomic E-state index is 13.9. The number of thiazole rings is 1. The summed E-state index contributed by atoms with van der Waals surface area (Å²) in [4.78, 5) is 24.4. The number of nitrogens with one attached hydrogen (secondary N) is 1. The second kappa shape index (κ2) is 10.9. The van der Waals surface area contributed by atoms with E-state index in [4.69, 9.17) is 4.42 Å². The summed E-state index contributed by atoms with van der Waals surface area (Å²) in [7, 11) is -2.19. The Hall–Kier alpha value is -3.02. The van der Waals surface area contributed by atoms with Crippen LogP contribution in [0.25, 0.3) is 11.0 Å². The summed E-state index contributed by atoms with van der Waals surface area (Å²) in [5.74, 6) is -0.111. The fourth-order valence-corrected chi connectivity index (χ4v) is 5.97. The molecule has 192 valence electrons. The molecule has 0 bridgehead atoms. The summed E-state index contributed by atoms with van der Waals surface area (Å²) in [5, 5.41) is 3.63. The van der Waals surface area contributed by atoms with Crippen LogP contribution in [0.15, 0.2) is 57.7 Å². The van der Waals surface area contributed by atoms with Crippen LogP contribution < -0.4 is 4.72 Å². The van der Waals surface area contributed by atoms with Crippen LogP contribution >= 0.6 is 11.3 Å². The van der Waals surface area contributed by atoms with Gasteiger partial charge in [-0.3, -0.25) is 4.79 Å². The molecule has 0 saturated carbocycles. The van der Waals surface area contributed by atoms with Gasteiger partial charge in [-0.25, -0.2) is 18.4 Å². The predicted octanol–water partition coefficient (Wildman–Crippen LogP) is 3.76. The normalized spacial score (nSPS) is 12.9. The Morgan fingerprint density at radius 2 is 2.08 bits per heavy atom. The molecule has 3 heterocycles. The van der Waals surface area contributed by atoms with Crippen molar-refractivity contribution in [3.63, 3.8) is 0 Å². The Morgan fingerprint density at radius 1 is 1.28 bits per heavy atom. The van der Waals surface area contributed by atoms with E-state index in [1.54, 1.807) is 51.5 Å². The number of amides is 1. The monoisotopic (exact) mass is 529 g/mol. The van der Waals surface area contributed by atoms with E-state index in [9.17, 15) is 13.2 Å². The highest BCUT2D eigenvalue weighted by Gasteiger charge is 2.31. The molecular weight excluding hydrogens is 498 g/mol. The second-order valence-corrected chi connectivity index (χ2v) is 11.8. The van der Waals surface area contributed by atoms with Crippen molar-refractivity contribution in [2.24, 2.45) is 13.0 Å². The molecule has 36 heavy (non-hydrogen) atoms. The van der Waals surface area contributed by atoms with Gasteiger partial charge in [-0.2, -0.15) is 4.72 Å². The van der Waals surface area contributed by atoms with E-state index in [1.165, 1.54) is 12.3 Å². The summed E-state index contributed by atoms with van der Waals surface area (Å²) in [5.41, 5.74) is 2.14. The van der Waals surface area contributed by atoms with Gasteiger partial charge in [-0.1, -0.05) is 20.8 Å². The van der Waals surface area contributed by atoms with Crippen molar-refractivity contribution in [1.82, 2.24) is 24.2 Å². The number of hydrogen-bond donors (Lipinski definition) is 1. The Morgan fingerprint density at radius 3 is 2.75 bits per heavy atom. The quantitative estimate of drug-likeness (QED) is 0.317. The Bertz CT molecular complexity index is 1440. The second-order valence-electron chi connectivity index (χ2n) is 9.19. The van der Waals surface area contributed by atoms with Crippen molar-refractivity contribution in [1.29, 1.82) is 0 Å². The van der Waals surface area contributed by atoms with Crippen LogP contribution in [-0.4, -0.2) is 46.3 Å². The number of hydrogen-bond acceptors (Lipinski definition) is 7. The molecule has 3 aromatic heterocycles. The number of carbonyl (C=O) groups is 1. The molecule has 1 N–H and O–H groups in total. The fourth-order valence-electron chi connectivity index (χ4n) is 4.01. The summed E-state index contributed by atoms with van der Waals surface area (Å²) < 4.78 is 36.6. The lowest BCUT2D eigenvalue weighted by molar-refractivity contribution is -0.134. The Balaban J connectivity index is 1.65. The Kier molecular flexibility index (Phi) is 7.91. The molecule has 1 amide bonds. The van der Waals surface area contributed by atoms with E-state index in [2.05, 4.69) is 14.7 Å². The van der Waals surface area contributed by atoms with Gasteiger partial charge < -0.3 is 13.9 Å². The van der Waals surface area contributed by atoms with E-state index < -0.39 is 16.1 Å². The van der Waals surface area contributed by atoms with Gasteiger partial charge in [0.15, 0.2) is 0 Å². The SMILES string of the molecule is CCc1nc(CN(CC(C)C)C(=O)[C@H](Cc2cncn2C)NS(=O)(=O)c2ccc3occc3c2)cs1. The number of sulfonamides is 1. The lowest BCUT2D eigenvalue weighted by Gasteiger charge is -2.29. The molecule has 0 aliphatic carbocycles. The van der Waals surface area contributed by atoms with Gasteiger partial charge in [0.25, 0.3) is 0 Å². The average Bonchev–Trinajstić information content (AvgIpc) is 3.58. The minimum atomic E-state index is -4.01. The third-order valence-corrected chi connectivity index (χ3v) is 8.32. The zero-order chi connectivity index (χ0) is 25.9. The molecule has 9 nitrogen and oxygen atoms in total. The summed E-state index contributed by atoms with van der Waals surface area (Å²) >= 11 is 1.57. The van der Waals surface area contributed by atoms with E-state index in [0.717, 1.165) is 22.8 Å². The van der Waals surface area contributed by atoms with Crippen molar-refractivity contribution in [2.45, 2.75) is 51.1 Å². The number of fused-ring (bicyclic) bond motifs is 1. The molecule has 0 saturated heterocycles. The highest BCUT2D eigenvalue weighted by atomic mass is 32.2. The maximum atomic E-state index is 13.9. The first-order chi connectivity index (χ1) is 17.2. The number of carbonyl (C=O) groups excluding carboxylic acids is 1. The third kappa shape index (κ3) is 6.03. The highest BCUT2D eigenvalue weighted by Crippen LogP contribution is 2.21. The van der Waals surface area contributed by atoms with E-state index >= 15 is 0 Å². The molecule has 0 aliphatic rings. The topological polar surface area (TPSA) is 110 Å². The molecule has 1 aromatic carbocycles. The molecular formula is C25H31N5O4S2. The molecule has 4 rings (SSSR count). The smallest absolute Gasteiger partial charge is 0.241 e. The van der Waals surface area contributed by atoms with Crippen LogP contribution in [0.1, 0.15) is 37.2 Å². The van der Waals surface area contributed by atoms with Crippen molar-refractivity contribution in [3.8, 4) is 0 Å². The lowest BCUT2D eigenvalue weighted by Crippen LogP contribution is -2.50. The van der Waals surface area contributed by atoms with Crippen molar-refractivity contribution in [3.05, 3.63) is 64.8 Å².